The number of imidazole rings is 1. The van der Waals surface area contributed by atoms with Crippen molar-refractivity contribution in [3.8, 4) is 0 Å². The summed E-state index contributed by atoms with van der Waals surface area (Å²) in [4.78, 5) is 6.87. The summed E-state index contributed by atoms with van der Waals surface area (Å²) in [6, 6.07) is 6.67. The number of fused-ring (bicyclic) bond motifs is 1. The van der Waals surface area contributed by atoms with Crippen LogP contribution in [0, 0.1) is 0 Å². The monoisotopic (exact) mass is 290 g/mol. The molecule has 1 atom stereocenters. The number of nitrogens with two attached hydrogens (primary N) is 1. The van der Waals surface area contributed by atoms with E-state index in [4.69, 9.17) is 15.8 Å². The van der Waals surface area contributed by atoms with Crippen molar-refractivity contribution >= 4 is 11.0 Å². The van der Waals surface area contributed by atoms with Crippen molar-refractivity contribution in [3.05, 3.63) is 29.6 Å². The molecule has 1 aromatic heterocycles. The number of nitrogens with zero attached hydrogens (tertiary/aromatic N) is 3. The molecule has 1 heterocycles. The molecule has 0 fully saturated rings. The maximum Gasteiger partial charge on any atom is 0.124 e. The minimum absolute atomic E-state index is 0.156. The van der Waals surface area contributed by atoms with Crippen LogP contribution in [0.4, 0.5) is 0 Å². The number of aryl methyl sites for hydroxylation is 1. The fourth-order valence-corrected chi connectivity index (χ4v) is 2.61. The highest BCUT2D eigenvalue weighted by Crippen LogP contribution is 2.23. The summed E-state index contributed by atoms with van der Waals surface area (Å²) < 4.78 is 2.22. The van der Waals surface area contributed by atoms with Gasteiger partial charge in [0.2, 0.25) is 0 Å². The SMILES string of the molecule is CCc1ccc2c(c1)nc(CN(C)CCO)n2C(C)CN. The number of hydrogen-bond donors (Lipinski definition) is 2. The third-order valence-electron chi connectivity index (χ3n) is 3.91. The fraction of sp³-hybridized carbons (Fsp3) is 0.562. The summed E-state index contributed by atoms with van der Waals surface area (Å²) in [5.74, 6) is 1.01. The Bertz CT molecular complexity index is 593. The molecule has 21 heavy (non-hydrogen) atoms. The van der Waals surface area contributed by atoms with Crippen molar-refractivity contribution in [1.29, 1.82) is 0 Å². The summed E-state index contributed by atoms with van der Waals surface area (Å²) >= 11 is 0. The maximum absolute atomic E-state index is 9.06. The molecule has 0 amide bonds. The molecule has 0 aliphatic rings. The molecule has 1 aromatic carbocycles. The molecule has 5 heteroatoms. The third kappa shape index (κ3) is 3.43. The van der Waals surface area contributed by atoms with Crippen molar-refractivity contribution in [1.82, 2.24) is 14.5 Å². The number of hydrogen-bond acceptors (Lipinski definition) is 4. The lowest BCUT2D eigenvalue weighted by atomic mass is 10.1. The second-order valence-electron chi connectivity index (χ2n) is 5.62. The lowest BCUT2D eigenvalue weighted by molar-refractivity contribution is 0.212. The predicted molar refractivity (Wildman–Crippen MR) is 86.3 cm³/mol. The first-order chi connectivity index (χ1) is 10.1. The molecule has 0 saturated carbocycles. The van der Waals surface area contributed by atoms with Crippen LogP contribution >= 0.6 is 0 Å². The zero-order valence-corrected chi connectivity index (χ0v) is 13.2. The van der Waals surface area contributed by atoms with E-state index in [9.17, 15) is 0 Å². The molecule has 116 valence electrons. The lowest BCUT2D eigenvalue weighted by Crippen LogP contribution is -2.25. The van der Waals surface area contributed by atoms with E-state index in [-0.39, 0.29) is 12.6 Å². The Kier molecular flexibility index (Phi) is 5.33. The van der Waals surface area contributed by atoms with Crippen LogP contribution in [0.2, 0.25) is 0 Å². The van der Waals surface area contributed by atoms with Crippen LogP contribution in [0.3, 0.4) is 0 Å². The van der Waals surface area contributed by atoms with E-state index in [2.05, 4.69) is 41.5 Å². The highest BCUT2D eigenvalue weighted by Gasteiger charge is 2.16. The second kappa shape index (κ2) is 7.02. The number of rotatable bonds is 7. The highest BCUT2D eigenvalue weighted by molar-refractivity contribution is 5.77. The molecular weight excluding hydrogens is 264 g/mol. The second-order valence-corrected chi connectivity index (χ2v) is 5.62. The van der Waals surface area contributed by atoms with E-state index in [1.165, 1.54) is 5.56 Å². The first-order valence-electron chi connectivity index (χ1n) is 7.59. The molecule has 3 N–H and O–H groups in total. The van der Waals surface area contributed by atoms with Gasteiger partial charge in [-0.1, -0.05) is 13.0 Å². The standard InChI is InChI=1S/C16H26N4O/c1-4-13-5-6-15-14(9-13)18-16(11-19(3)7-8-21)20(15)12(2)10-17/h5-6,9,12,21H,4,7-8,10-11,17H2,1-3H3. The first-order valence-corrected chi connectivity index (χ1v) is 7.59. The van der Waals surface area contributed by atoms with Crippen LogP contribution in [0.25, 0.3) is 11.0 Å². The van der Waals surface area contributed by atoms with Crippen molar-refractivity contribution < 1.29 is 5.11 Å². The first kappa shape index (κ1) is 15.9. The van der Waals surface area contributed by atoms with Gasteiger partial charge in [0.25, 0.3) is 0 Å². The lowest BCUT2D eigenvalue weighted by Gasteiger charge is -2.19. The quantitative estimate of drug-likeness (QED) is 0.812. The molecule has 0 bridgehead atoms. The van der Waals surface area contributed by atoms with Gasteiger partial charge in [0.15, 0.2) is 0 Å². The minimum Gasteiger partial charge on any atom is -0.395 e. The zero-order chi connectivity index (χ0) is 15.4. The van der Waals surface area contributed by atoms with Crippen molar-refractivity contribution in [2.24, 2.45) is 5.73 Å². The van der Waals surface area contributed by atoms with Gasteiger partial charge >= 0.3 is 0 Å². The van der Waals surface area contributed by atoms with E-state index >= 15 is 0 Å². The molecule has 1 unspecified atom stereocenters. The molecular formula is C16H26N4O. The average Bonchev–Trinajstić information content (AvgIpc) is 2.83. The number of aromatic nitrogens is 2. The van der Waals surface area contributed by atoms with Crippen LogP contribution in [0.15, 0.2) is 18.2 Å². The van der Waals surface area contributed by atoms with E-state index < -0.39 is 0 Å². The number of likely N-dealkylation sites (N-methyl/N-ethyl adjacent to an activating group) is 1. The van der Waals surface area contributed by atoms with Gasteiger partial charge in [-0.2, -0.15) is 0 Å². The topological polar surface area (TPSA) is 67.3 Å². The Hall–Kier alpha value is -1.43. The normalized spacial score (nSPS) is 13.2. The van der Waals surface area contributed by atoms with Crippen LogP contribution in [0.5, 0.6) is 0 Å². The molecule has 5 nitrogen and oxygen atoms in total. The van der Waals surface area contributed by atoms with E-state index in [1.54, 1.807) is 0 Å². The molecule has 0 aliphatic carbocycles. The largest absolute Gasteiger partial charge is 0.395 e. The summed E-state index contributed by atoms with van der Waals surface area (Å²) in [6.07, 6.45) is 1.01. The smallest absolute Gasteiger partial charge is 0.124 e. The van der Waals surface area contributed by atoms with Gasteiger partial charge in [-0.25, -0.2) is 4.98 Å². The number of aliphatic hydroxyl groups excluding tert-OH is 1. The van der Waals surface area contributed by atoms with Gasteiger partial charge in [0.1, 0.15) is 5.82 Å². The molecule has 2 rings (SSSR count). The minimum atomic E-state index is 0.156. The Morgan fingerprint density at radius 3 is 2.81 bits per heavy atom. The van der Waals surface area contributed by atoms with E-state index in [1.807, 2.05) is 7.05 Å². The van der Waals surface area contributed by atoms with Gasteiger partial charge in [-0.3, -0.25) is 4.90 Å². The summed E-state index contributed by atoms with van der Waals surface area (Å²) in [6.45, 7) is 6.35. The number of benzene rings is 1. The van der Waals surface area contributed by atoms with E-state index in [0.717, 1.165) is 23.3 Å². The Morgan fingerprint density at radius 2 is 2.19 bits per heavy atom. The summed E-state index contributed by atoms with van der Waals surface area (Å²) in [5, 5.41) is 9.06. The Morgan fingerprint density at radius 1 is 1.43 bits per heavy atom. The Labute approximate surface area is 126 Å². The van der Waals surface area contributed by atoms with Crippen molar-refractivity contribution in [2.75, 3.05) is 26.7 Å². The molecule has 0 radical (unpaired) electrons. The maximum atomic E-state index is 9.06. The van der Waals surface area contributed by atoms with Gasteiger partial charge in [-0.05, 0) is 38.1 Å². The van der Waals surface area contributed by atoms with Gasteiger partial charge in [-0.15, -0.1) is 0 Å². The molecule has 2 aromatic rings. The van der Waals surface area contributed by atoms with Crippen LogP contribution in [0.1, 0.15) is 31.3 Å². The molecule has 0 saturated heterocycles. The molecule has 0 aliphatic heterocycles. The van der Waals surface area contributed by atoms with Crippen LogP contribution in [-0.4, -0.2) is 46.3 Å². The van der Waals surface area contributed by atoms with Crippen molar-refractivity contribution in [3.63, 3.8) is 0 Å². The summed E-state index contributed by atoms with van der Waals surface area (Å²) in [5.41, 5.74) is 9.33. The predicted octanol–water partition coefficient (Wildman–Crippen LogP) is 1.54. The Balaban J connectivity index is 2.46. The third-order valence-corrected chi connectivity index (χ3v) is 3.91. The van der Waals surface area contributed by atoms with E-state index in [0.29, 0.717) is 19.6 Å². The van der Waals surface area contributed by atoms with Gasteiger partial charge < -0.3 is 15.4 Å². The summed E-state index contributed by atoms with van der Waals surface area (Å²) in [7, 11) is 1.99. The van der Waals surface area contributed by atoms with Gasteiger partial charge in [0, 0.05) is 19.1 Å². The number of aliphatic hydroxyl groups is 1. The molecule has 0 spiro atoms. The van der Waals surface area contributed by atoms with Crippen molar-refractivity contribution in [2.45, 2.75) is 32.9 Å². The average molecular weight is 290 g/mol. The van der Waals surface area contributed by atoms with Crippen LogP contribution in [-0.2, 0) is 13.0 Å². The highest BCUT2D eigenvalue weighted by atomic mass is 16.3. The fourth-order valence-electron chi connectivity index (χ4n) is 2.61. The zero-order valence-electron chi connectivity index (χ0n) is 13.2. The van der Waals surface area contributed by atoms with Gasteiger partial charge in [0.05, 0.1) is 24.2 Å². The van der Waals surface area contributed by atoms with Crippen LogP contribution < -0.4 is 5.73 Å².